The van der Waals surface area contributed by atoms with Crippen molar-refractivity contribution < 1.29 is 14.3 Å². The molecule has 1 fully saturated rings. The number of hydrogen-bond donors (Lipinski definition) is 1. The molecule has 23 heavy (non-hydrogen) atoms. The Balaban J connectivity index is 1.81. The first-order valence-corrected chi connectivity index (χ1v) is 7.85. The minimum Gasteiger partial charge on any atom is -0.481 e. The molecule has 1 saturated carbocycles. The fraction of sp³-hybridized carbons (Fsp3) is 0.389. The molecule has 0 amide bonds. The van der Waals surface area contributed by atoms with E-state index >= 15 is 0 Å². The Bertz CT molecular complexity index is 817. The van der Waals surface area contributed by atoms with Crippen molar-refractivity contribution in [1.29, 1.82) is 0 Å². The summed E-state index contributed by atoms with van der Waals surface area (Å²) in [7, 11) is 0. The van der Waals surface area contributed by atoms with Crippen LogP contribution in [-0.2, 0) is 23.1 Å². The van der Waals surface area contributed by atoms with Crippen molar-refractivity contribution in [2.45, 2.75) is 43.9 Å². The second-order valence-electron chi connectivity index (χ2n) is 6.63. The van der Waals surface area contributed by atoms with Gasteiger partial charge < -0.3 is 5.11 Å². The van der Waals surface area contributed by atoms with Gasteiger partial charge in [0.05, 0.1) is 0 Å². The molecule has 2 aromatic rings. The first-order chi connectivity index (χ1) is 11.0. The van der Waals surface area contributed by atoms with Gasteiger partial charge in [-0.1, -0.05) is 12.1 Å². The fourth-order valence-corrected chi connectivity index (χ4v) is 3.55. The second kappa shape index (κ2) is 4.85. The van der Waals surface area contributed by atoms with Crippen LogP contribution in [0.5, 0.6) is 0 Å². The molecular weight excluding hydrogens is 295 g/mol. The van der Waals surface area contributed by atoms with E-state index < -0.39 is 11.4 Å². The summed E-state index contributed by atoms with van der Waals surface area (Å²) in [5.41, 5.74) is 1.45. The van der Waals surface area contributed by atoms with Crippen LogP contribution < -0.4 is 0 Å². The van der Waals surface area contributed by atoms with Crippen LogP contribution in [-0.4, -0.2) is 21.0 Å². The number of hydrogen-bond acceptors (Lipinski definition) is 3. The van der Waals surface area contributed by atoms with Crippen LogP contribution in [0, 0.1) is 12.7 Å². The molecule has 1 atom stereocenters. The van der Waals surface area contributed by atoms with Crippen molar-refractivity contribution in [3.63, 3.8) is 0 Å². The molecule has 1 N–H and O–H groups in total. The standard InChI is InChI=1S/C18H17FN2O2/c1-10-13(3-2-4-14(10)19)18(17(22)23)7-12-9-20-16(11-5-6-11)21-15(12)8-18/h2-4,9,11H,5-8H2,1H3,(H,22,23). The van der Waals surface area contributed by atoms with Crippen molar-refractivity contribution in [3.8, 4) is 0 Å². The number of fused-ring (bicyclic) bond motifs is 1. The highest BCUT2D eigenvalue weighted by molar-refractivity contribution is 5.84. The number of halogens is 1. The zero-order valence-electron chi connectivity index (χ0n) is 12.8. The zero-order valence-corrected chi connectivity index (χ0v) is 12.8. The highest BCUT2D eigenvalue weighted by atomic mass is 19.1. The highest BCUT2D eigenvalue weighted by Gasteiger charge is 2.48. The number of rotatable bonds is 3. The van der Waals surface area contributed by atoms with E-state index in [9.17, 15) is 14.3 Å². The third-order valence-corrected chi connectivity index (χ3v) is 5.07. The van der Waals surface area contributed by atoms with Gasteiger partial charge in [-0.2, -0.15) is 0 Å². The average Bonchev–Trinajstić information content (AvgIpc) is 3.29. The SMILES string of the molecule is Cc1c(F)cccc1C1(C(=O)O)Cc2cnc(C3CC3)nc2C1. The van der Waals surface area contributed by atoms with E-state index in [0.29, 0.717) is 29.9 Å². The Morgan fingerprint density at radius 3 is 2.83 bits per heavy atom. The van der Waals surface area contributed by atoms with E-state index in [1.165, 1.54) is 6.07 Å². The smallest absolute Gasteiger partial charge is 0.314 e. The van der Waals surface area contributed by atoms with Crippen LogP contribution in [0.1, 0.15) is 47.0 Å². The number of nitrogens with zero attached hydrogens (tertiary/aromatic N) is 2. The molecule has 1 aromatic heterocycles. The number of carboxylic acid groups (broad SMARTS) is 1. The van der Waals surface area contributed by atoms with E-state index in [4.69, 9.17) is 0 Å². The lowest BCUT2D eigenvalue weighted by Crippen LogP contribution is -2.37. The maximum atomic E-state index is 14.0. The first kappa shape index (κ1) is 14.3. The largest absolute Gasteiger partial charge is 0.481 e. The molecule has 0 saturated heterocycles. The van der Waals surface area contributed by atoms with Gasteiger partial charge >= 0.3 is 5.97 Å². The van der Waals surface area contributed by atoms with Crippen molar-refractivity contribution in [1.82, 2.24) is 9.97 Å². The molecule has 2 aliphatic carbocycles. The van der Waals surface area contributed by atoms with Crippen LogP contribution >= 0.6 is 0 Å². The molecule has 4 nitrogen and oxygen atoms in total. The van der Waals surface area contributed by atoms with E-state index in [0.717, 1.165) is 29.9 Å². The number of carboxylic acids is 1. The van der Waals surface area contributed by atoms with Crippen molar-refractivity contribution in [2.24, 2.45) is 0 Å². The molecular formula is C18H17FN2O2. The van der Waals surface area contributed by atoms with E-state index in [1.54, 1.807) is 25.3 Å². The van der Waals surface area contributed by atoms with Crippen LogP contribution in [0.15, 0.2) is 24.4 Å². The molecule has 1 aromatic carbocycles. The van der Waals surface area contributed by atoms with Crippen molar-refractivity contribution in [3.05, 3.63) is 58.4 Å². The molecule has 0 spiro atoms. The number of benzene rings is 1. The number of aliphatic carboxylic acids is 1. The predicted molar refractivity (Wildman–Crippen MR) is 81.9 cm³/mol. The molecule has 0 bridgehead atoms. The Labute approximate surface area is 133 Å². The Hall–Kier alpha value is -2.30. The minimum atomic E-state index is -1.15. The topological polar surface area (TPSA) is 63.1 Å². The average molecular weight is 312 g/mol. The lowest BCUT2D eigenvalue weighted by Gasteiger charge is -2.26. The summed E-state index contributed by atoms with van der Waals surface area (Å²) in [5.74, 6) is -0.0575. The van der Waals surface area contributed by atoms with E-state index in [2.05, 4.69) is 9.97 Å². The summed E-state index contributed by atoms with van der Waals surface area (Å²) in [6.45, 7) is 1.64. The second-order valence-corrected chi connectivity index (χ2v) is 6.63. The zero-order chi connectivity index (χ0) is 16.2. The molecule has 0 radical (unpaired) electrons. The van der Waals surface area contributed by atoms with E-state index in [1.807, 2.05) is 0 Å². The highest BCUT2D eigenvalue weighted by Crippen LogP contribution is 2.43. The maximum Gasteiger partial charge on any atom is 0.314 e. The molecule has 2 aliphatic rings. The monoisotopic (exact) mass is 312 g/mol. The van der Waals surface area contributed by atoms with Gasteiger partial charge in [-0.15, -0.1) is 0 Å². The minimum absolute atomic E-state index is 0.296. The van der Waals surface area contributed by atoms with Crippen LogP contribution in [0.25, 0.3) is 0 Å². The summed E-state index contributed by atoms with van der Waals surface area (Å²) >= 11 is 0. The van der Waals surface area contributed by atoms with Crippen LogP contribution in [0.2, 0.25) is 0 Å². The normalized spacial score (nSPS) is 22.9. The number of aromatic nitrogens is 2. The van der Waals surface area contributed by atoms with Gasteiger partial charge in [0.15, 0.2) is 0 Å². The van der Waals surface area contributed by atoms with Crippen LogP contribution in [0.3, 0.4) is 0 Å². The lowest BCUT2D eigenvalue weighted by atomic mass is 9.76. The van der Waals surface area contributed by atoms with Crippen molar-refractivity contribution >= 4 is 5.97 Å². The predicted octanol–water partition coefficient (Wildman–Crippen LogP) is 2.92. The van der Waals surface area contributed by atoms with Gasteiger partial charge in [-0.05, 0) is 48.9 Å². The van der Waals surface area contributed by atoms with Gasteiger partial charge in [0.1, 0.15) is 17.1 Å². The molecule has 0 aliphatic heterocycles. The molecule has 1 heterocycles. The lowest BCUT2D eigenvalue weighted by molar-refractivity contribution is -0.143. The van der Waals surface area contributed by atoms with Gasteiger partial charge in [0.25, 0.3) is 0 Å². The summed E-state index contributed by atoms with van der Waals surface area (Å²) in [6.07, 6.45) is 4.57. The third kappa shape index (κ3) is 2.14. The molecule has 1 unspecified atom stereocenters. The maximum absolute atomic E-state index is 14.0. The van der Waals surface area contributed by atoms with Crippen LogP contribution in [0.4, 0.5) is 4.39 Å². The molecule has 5 heteroatoms. The van der Waals surface area contributed by atoms with E-state index in [-0.39, 0.29) is 5.82 Å². The van der Waals surface area contributed by atoms with Gasteiger partial charge in [0.2, 0.25) is 0 Å². The third-order valence-electron chi connectivity index (χ3n) is 5.07. The molecule has 118 valence electrons. The fourth-order valence-electron chi connectivity index (χ4n) is 3.55. The van der Waals surface area contributed by atoms with Gasteiger partial charge in [-0.25, -0.2) is 14.4 Å². The Kier molecular flexibility index (Phi) is 3.01. The summed E-state index contributed by atoms with van der Waals surface area (Å²) in [4.78, 5) is 21.1. The number of carbonyl (C=O) groups is 1. The van der Waals surface area contributed by atoms with Crippen molar-refractivity contribution in [2.75, 3.05) is 0 Å². The Morgan fingerprint density at radius 2 is 2.13 bits per heavy atom. The quantitative estimate of drug-likeness (QED) is 0.946. The van der Waals surface area contributed by atoms with Gasteiger partial charge in [0, 0.05) is 24.2 Å². The summed E-state index contributed by atoms with van der Waals surface area (Å²) in [6, 6.07) is 4.65. The molecule has 4 rings (SSSR count). The van der Waals surface area contributed by atoms with Gasteiger partial charge in [-0.3, -0.25) is 4.79 Å². The summed E-state index contributed by atoms with van der Waals surface area (Å²) in [5, 5.41) is 9.92. The Morgan fingerprint density at radius 1 is 1.35 bits per heavy atom. The summed E-state index contributed by atoms with van der Waals surface area (Å²) < 4.78 is 14.0. The first-order valence-electron chi connectivity index (χ1n) is 7.85.